The third-order valence-corrected chi connectivity index (χ3v) is 4.47. The Hall–Kier alpha value is -2.77. The number of carbonyl (C=O) groups excluding carboxylic acids is 2. The average Bonchev–Trinajstić information content (AvgIpc) is 2.64. The molecule has 2 atom stereocenters. The van der Waals surface area contributed by atoms with Gasteiger partial charge in [-0.05, 0) is 23.8 Å². The molecule has 1 aliphatic heterocycles. The Morgan fingerprint density at radius 3 is 2.67 bits per heavy atom. The highest BCUT2D eigenvalue weighted by Crippen LogP contribution is 2.27. The van der Waals surface area contributed by atoms with Gasteiger partial charge >= 0.3 is 0 Å². The van der Waals surface area contributed by atoms with Crippen molar-refractivity contribution in [1.29, 1.82) is 0 Å². The summed E-state index contributed by atoms with van der Waals surface area (Å²) in [6.45, 7) is 1.52. The molecule has 0 unspecified atom stereocenters. The Labute approximate surface area is 156 Å². The van der Waals surface area contributed by atoms with E-state index in [4.69, 9.17) is 4.74 Å². The van der Waals surface area contributed by atoms with Gasteiger partial charge in [0.25, 0.3) is 0 Å². The molecule has 6 nitrogen and oxygen atoms in total. The number of rotatable bonds is 5. The van der Waals surface area contributed by atoms with E-state index in [9.17, 15) is 19.1 Å². The van der Waals surface area contributed by atoms with Gasteiger partial charge < -0.3 is 20.1 Å². The van der Waals surface area contributed by atoms with E-state index in [0.29, 0.717) is 16.8 Å². The van der Waals surface area contributed by atoms with Gasteiger partial charge in [-0.25, -0.2) is 4.39 Å². The van der Waals surface area contributed by atoms with Crippen molar-refractivity contribution in [3.05, 3.63) is 65.5 Å². The highest BCUT2D eigenvalue weighted by Gasteiger charge is 2.35. The first-order chi connectivity index (χ1) is 13.0. The maximum atomic E-state index is 14.0. The molecule has 0 saturated carbocycles. The van der Waals surface area contributed by atoms with Crippen molar-refractivity contribution in [2.24, 2.45) is 0 Å². The molecule has 1 heterocycles. The number of hydrogen-bond acceptors (Lipinski definition) is 4. The van der Waals surface area contributed by atoms with E-state index >= 15 is 0 Å². The van der Waals surface area contributed by atoms with Gasteiger partial charge in [0, 0.05) is 24.7 Å². The zero-order chi connectivity index (χ0) is 19.4. The van der Waals surface area contributed by atoms with Crippen LogP contribution < -0.4 is 5.32 Å². The van der Waals surface area contributed by atoms with Gasteiger partial charge in [-0.1, -0.05) is 30.3 Å². The number of nitrogens with one attached hydrogen (secondary N) is 1. The molecular formula is C20H21FN2O4. The number of benzene rings is 2. The second-order valence-corrected chi connectivity index (χ2v) is 6.44. The number of carbonyl (C=O) groups is 2. The summed E-state index contributed by atoms with van der Waals surface area (Å²) >= 11 is 0. The third-order valence-electron chi connectivity index (χ3n) is 4.47. The largest absolute Gasteiger partial charge is 0.386 e. The van der Waals surface area contributed by atoms with Gasteiger partial charge in [0.15, 0.2) is 0 Å². The highest BCUT2D eigenvalue weighted by atomic mass is 19.1. The zero-order valence-electron chi connectivity index (χ0n) is 14.9. The maximum absolute atomic E-state index is 14.0. The van der Waals surface area contributed by atoms with E-state index < -0.39 is 18.0 Å². The molecule has 0 aromatic heterocycles. The summed E-state index contributed by atoms with van der Waals surface area (Å²) in [5.74, 6) is -0.890. The predicted octanol–water partition coefficient (Wildman–Crippen LogP) is 2.25. The number of morpholine rings is 1. The SMILES string of the molecule is CC(=O)Nc1ccc([C@@H](O)[C@H]2COCC(=O)N2Cc2ccccc2F)cc1. The van der Waals surface area contributed by atoms with Crippen LogP contribution in [-0.4, -0.2) is 41.1 Å². The maximum Gasteiger partial charge on any atom is 0.249 e. The molecular weight excluding hydrogens is 351 g/mol. The topological polar surface area (TPSA) is 78.9 Å². The quantitative estimate of drug-likeness (QED) is 0.844. The molecule has 1 aliphatic rings. The first-order valence-electron chi connectivity index (χ1n) is 8.62. The minimum absolute atomic E-state index is 0.0561. The van der Waals surface area contributed by atoms with Crippen LogP contribution in [0.2, 0.25) is 0 Å². The standard InChI is InChI=1S/C20H21FN2O4/c1-13(24)22-16-8-6-14(7-9-16)20(26)18-11-27-12-19(25)23(18)10-15-4-2-3-5-17(15)21/h2-9,18,20,26H,10-12H2,1H3,(H,22,24)/t18-,20-/m1/s1. The van der Waals surface area contributed by atoms with E-state index in [1.807, 2.05) is 0 Å². The molecule has 27 heavy (non-hydrogen) atoms. The predicted molar refractivity (Wildman–Crippen MR) is 97.3 cm³/mol. The van der Waals surface area contributed by atoms with Crippen molar-refractivity contribution in [3.63, 3.8) is 0 Å². The van der Waals surface area contributed by atoms with Gasteiger partial charge in [0.05, 0.1) is 12.6 Å². The Bertz CT molecular complexity index is 825. The van der Waals surface area contributed by atoms with Crippen molar-refractivity contribution < 1.29 is 23.8 Å². The van der Waals surface area contributed by atoms with Crippen LogP contribution in [0, 0.1) is 5.82 Å². The van der Waals surface area contributed by atoms with Crippen LogP contribution in [0.25, 0.3) is 0 Å². The lowest BCUT2D eigenvalue weighted by Gasteiger charge is -2.38. The Morgan fingerprint density at radius 2 is 2.00 bits per heavy atom. The van der Waals surface area contributed by atoms with Crippen molar-refractivity contribution in [1.82, 2.24) is 4.90 Å². The van der Waals surface area contributed by atoms with E-state index in [1.54, 1.807) is 42.5 Å². The number of halogens is 1. The van der Waals surface area contributed by atoms with Crippen molar-refractivity contribution >= 4 is 17.5 Å². The molecule has 1 saturated heterocycles. The fourth-order valence-corrected chi connectivity index (χ4v) is 3.09. The summed E-state index contributed by atoms with van der Waals surface area (Å²) in [5, 5.41) is 13.5. The third kappa shape index (κ3) is 4.50. The fraction of sp³-hybridized carbons (Fsp3) is 0.300. The summed E-state index contributed by atoms with van der Waals surface area (Å²) in [4.78, 5) is 24.9. The Morgan fingerprint density at radius 1 is 1.30 bits per heavy atom. The molecule has 0 aliphatic carbocycles. The summed E-state index contributed by atoms with van der Waals surface area (Å²) < 4.78 is 19.3. The normalized spacial score (nSPS) is 18.3. The molecule has 0 bridgehead atoms. The number of ether oxygens (including phenoxy) is 1. The summed E-state index contributed by atoms with van der Waals surface area (Å²) in [6.07, 6.45) is -1.01. The highest BCUT2D eigenvalue weighted by molar-refractivity contribution is 5.88. The Balaban J connectivity index is 1.80. The minimum atomic E-state index is -1.01. The van der Waals surface area contributed by atoms with Gasteiger partial charge in [-0.15, -0.1) is 0 Å². The van der Waals surface area contributed by atoms with Gasteiger partial charge in [0.2, 0.25) is 11.8 Å². The molecule has 142 valence electrons. The lowest BCUT2D eigenvalue weighted by Crippen LogP contribution is -2.51. The number of amides is 2. The average molecular weight is 372 g/mol. The zero-order valence-corrected chi connectivity index (χ0v) is 14.9. The molecule has 0 radical (unpaired) electrons. The van der Waals surface area contributed by atoms with Crippen LogP contribution in [0.4, 0.5) is 10.1 Å². The minimum Gasteiger partial charge on any atom is -0.386 e. The fourth-order valence-electron chi connectivity index (χ4n) is 3.09. The van der Waals surface area contributed by atoms with Gasteiger partial charge in [-0.2, -0.15) is 0 Å². The van der Waals surface area contributed by atoms with E-state index in [1.165, 1.54) is 17.9 Å². The van der Waals surface area contributed by atoms with Crippen LogP contribution >= 0.6 is 0 Å². The first-order valence-corrected chi connectivity index (χ1v) is 8.62. The molecule has 7 heteroatoms. The monoisotopic (exact) mass is 372 g/mol. The number of hydrogen-bond donors (Lipinski definition) is 2. The molecule has 3 rings (SSSR count). The molecule has 2 aromatic carbocycles. The Kier molecular flexibility index (Phi) is 5.83. The number of aliphatic hydroxyl groups is 1. The lowest BCUT2D eigenvalue weighted by atomic mass is 9.99. The van der Waals surface area contributed by atoms with Crippen LogP contribution in [0.3, 0.4) is 0 Å². The first kappa shape index (κ1) is 19.0. The second kappa shape index (κ2) is 8.28. The van der Waals surface area contributed by atoms with Crippen molar-refractivity contribution in [2.75, 3.05) is 18.5 Å². The molecule has 2 N–H and O–H groups in total. The number of anilines is 1. The van der Waals surface area contributed by atoms with Crippen molar-refractivity contribution in [3.8, 4) is 0 Å². The van der Waals surface area contributed by atoms with Crippen LogP contribution in [0.15, 0.2) is 48.5 Å². The van der Waals surface area contributed by atoms with Crippen LogP contribution in [0.1, 0.15) is 24.2 Å². The summed E-state index contributed by atoms with van der Waals surface area (Å²) in [5.41, 5.74) is 1.56. The van der Waals surface area contributed by atoms with Gasteiger partial charge in [0.1, 0.15) is 18.5 Å². The van der Waals surface area contributed by atoms with E-state index in [2.05, 4.69) is 5.32 Å². The molecule has 1 fully saturated rings. The molecule has 0 spiro atoms. The van der Waals surface area contributed by atoms with E-state index in [0.717, 1.165) is 0 Å². The van der Waals surface area contributed by atoms with Crippen LogP contribution in [0.5, 0.6) is 0 Å². The second-order valence-electron chi connectivity index (χ2n) is 6.44. The van der Waals surface area contributed by atoms with Crippen molar-refractivity contribution in [2.45, 2.75) is 25.6 Å². The molecule has 2 amide bonds. The van der Waals surface area contributed by atoms with Gasteiger partial charge in [-0.3, -0.25) is 9.59 Å². The number of aliphatic hydroxyl groups excluding tert-OH is 1. The summed E-state index contributed by atoms with van der Waals surface area (Å²) in [7, 11) is 0. The molecule has 2 aromatic rings. The summed E-state index contributed by atoms with van der Waals surface area (Å²) in [6, 6.07) is 12.3. The number of nitrogens with zero attached hydrogens (tertiary/aromatic N) is 1. The lowest BCUT2D eigenvalue weighted by molar-refractivity contribution is -0.155. The van der Waals surface area contributed by atoms with E-state index in [-0.39, 0.29) is 31.6 Å². The van der Waals surface area contributed by atoms with Crippen LogP contribution in [-0.2, 0) is 20.9 Å². The smallest absolute Gasteiger partial charge is 0.249 e.